The van der Waals surface area contributed by atoms with Crippen molar-refractivity contribution in [2.75, 3.05) is 24.5 Å². The number of nitrogens with zero attached hydrogens (tertiary/aromatic N) is 2. The average Bonchev–Trinajstić information content (AvgIpc) is 3.08. The third-order valence-electron chi connectivity index (χ3n) is 4.37. The molecule has 21 heavy (non-hydrogen) atoms. The summed E-state index contributed by atoms with van der Waals surface area (Å²) in [6, 6.07) is 5.88. The quantitative estimate of drug-likeness (QED) is 0.769. The van der Waals surface area contributed by atoms with E-state index < -0.39 is 5.92 Å². The first kappa shape index (κ1) is 14.6. The first-order chi connectivity index (χ1) is 10.1. The minimum atomic E-state index is -0.480. The van der Waals surface area contributed by atoms with Gasteiger partial charge in [0, 0.05) is 29.8 Å². The molecule has 2 amide bonds. The Bertz CT molecular complexity index is 582. The van der Waals surface area contributed by atoms with Gasteiger partial charge in [-0.2, -0.15) is 0 Å². The predicted molar refractivity (Wildman–Crippen MR) is 85.2 cm³/mol. The van der Waals surface area contributed by atoms with E-state index in [4.69, 9.17) is 0 Å². The number of amides is 2. The second-order valence-corrected chi connectivity index (χ2v) is 6.71. The topological polar surface area (TPSA) is 40.6 Å². The van der Waals surface area contributed by atoms with E-state index in [2.05, 4.69) is 15.9 Å². The molecule has 0 saturated carbocycles. The lowest BCUT2D eigenvalue weighted by atomic mass is 10.1. The maximum absolute atomic E-state index is 12.6. The van der Waals surface area contributed by atoms with Gasteiger partial charge in [-0.1, -0.05) is 15.9 Å². The molecule has 1 atom stereocenters. The Labute approximate surface area is 133 Å². The van der Waals surface area contributed by atoms with Crippen molar-refractivity contribution in [1.82, 2.24) is 4.90 Å². The fourth-order valence-electron chi connectivity index (χ4n) is 3.23. The molecule has 0 radical (unpaired) electrons. The fourth-order valence-corrected chi connectivity index (χ4v) is 3.70. The van der Waals surface area contributed by atoms with Crippen molar-refractivity contribution < 1.29 is 9.59 Å². The summed E-state index contributed by atoms with van der Waals surface area (Å²) in [5.41, 5.74) is 1.96. The molecule has 2 aliphatic rings. The van der Waals surface area contributed by atoms with Crippen molar-refractivity contribution >= 4 is 33.4 Å². The van der Waals surface area contributed by atoms with Crippen molar-refractivity contribution in [1.29, 1.82) is 0 Å². The summed E-state index contributed by atoms with van der Waals surface area (Å²) in [6.07, 6.45) is 2.74. The molecule has 0 N–H and O–H groups in total. The highest BCUT2D eigenvalue weighted by Crippen LogP contribution is 2.31. The largest absolute Gasteiger partial charge is 0.342 e. The molecule has 2 saturated heterocycles. The normalized spacial score (nSPS) is 22.2. The molecule has 3 rings (SSSR count). The Morgan fingerprint density at radius 3 is 2.62 bits per heavy atom. The molecule has 0 bridgehead atoms. The SMILES string of the molecule is Cc1cc(Br)ccc1N1CCC(C(=O)N2CCCC2)C1=O. The Morgan fingerprint density at radius 2 is 1.95 bits per heavy atom. The van der Waals surface area contributed by atoms with E-state index in [0.717, 1.165) is 41.7 Å². The number of rotatable bonds is 2. The maximum atomic E-state index is 12.6. The molecule has 2 fully saturated rings. The van der Waals surface area contributed by atoms with Gasteiger partial charge in [-0.25, -0.2) is 0 Å². The molecular formula is C16H19BrN2O2. The van der Waals surface area contributed by atoms with Gasteiger partial charge in [0.05, 0.1) is 0 Å². The number of halogens is 1. The second kappa shape index (κ2) is 5.79. The van der Waals surface area contributed by atoms with Gasteiger partial charge in [-0.15, -0.1) is 0 Å². The zero-order chi connectivity index (χ0) is 15.0. The van der Waals surface area contributed by atoms with E-state index >= 15 is 0 Å². The fraction of sp³-hybridized carbons (Fsp3) is 0.500. The summed E-state index contributed by atoms with van der Waals surface area (Å²) in [4.78, 5) is 28.7. The smallest absolute Gasteiger partial charge is 0.239 e. The van der Waals surface area contributed by atoms with Crippen LogP contribution >= 0.6 is 15.9 Å². The molecule has 0 aromatic heterocycles. The number of hydrogen-bond donors (Lipinski definition) is 0. The molecule has 0 spiro atoms. The van der Waals surface area contributed by atoms with Crippen LogP contribution in [0, 0.1) is 12.8 Å². The van der Waals surface area contributed by atoms with Gasteiger partial charge >= 0.3 is 0 Å². The number of likely N-dealkylation sites (tertiary alicyclic amines) is 1. The molecule has 2 aliphatic heterocycles. The van der Waals surface area contributed by atoms with Crippen LogP contribution in [0.1, 0.15) is 24.8 Å². The third kappa shape index (κ3) is 2.71. The molecule has 0 aliphatic carbocycles. The number of aryl methyl sites for hydroxylation is 1. The van der Waals surface area contributed by atoms with Crippen molar-refractivity contribution in [2.24, 2.45) is 5.92 Å². The molecular weight excluding hydrogens is 332 g/mol. The molecule has 112 valence electrons. The van der Waals surface area contributed by atoms with Crippen LogP contribution in [0.2, 0.25) is 0 Å². The van der Waals surface area contributed by atoms with Gasteiger partial charge in [-0.05, 0) is 49.9 Å². The van der Waals surface area contributed by atoms with Crippen LogP contribution in [0.15, 0.2) is 22.7 Å². The van der Waals surface area contributed by atoms with E-state index in [-0.39, 0.29) is 11.8 Å². The lowest BCUT2D eigenvalue weighted by Gasteiger charge is -2.21. The zero-order valence-electron chi connectivity index (χ0n) is 12.1. The summed E-state index contributed by atoms with van der Waals surface area (Å²) in [7, 11) is 0. The van der Waals surface area contributed by atoms with Crippen LogP contribution in [0.5, 0.6) is 0 Å². The number of benzene rings is 1. The Morgan fingerprint density at radius 1 is 1.24 bits per heavy atom. The molecule has 1 aromatic rings. The highest BCUT2D eigenvalue weighted by molar-refractivity contribution is 9.10. The Hall–Kier alpha value is -1.36. The van der Waals surface area contributed by atoms with E-state index in [0.29, 0.717) is 13.0 Å². The number of carbonyl (C=O) groups is 2. The monoisotopic (exact) mass is 350 g/mol. The Balaban J connectivity index is 1.78. The van der Waals surface area contributed by atoms with Crippen molar-refractivity contribution in [3.05, 3.63) is 28.2 Å². The number of carbonyl (C=O) groups excluding carboxylic acids is 2. The van der Waals surface area contributed by atoms with Gasteiger partial charge in [0.15, 0.2) is 0 Å². The lowest BCUT2D eigenvalue weighted by molar-refractivity contribution is -0.139. The Kier molecular flexibility index (Phi) is 4.02. The van der Waals surface area contributed by atoms with E-state index in [1.807, 2.05) is 30.0 Å². The summed E-state index contributed by atoms with van der Waals surface area (Å²) in [5, 5.41) is 0. The maximum Gasteiger partial charge on any atom is 0.239 e. The van der Waals surface area contributed by atoms with Crippen molar-refractivity contribution in [3.63, 3.8) is 0 Å². The van der Waals surface area contributed by atoms with Crippen LogP contribution in [-0.4, -0.2) is 36.3 Å². The van der Waals surface area contributed by atoms with Crippen LogP contribution < -0.4 is 4.90 Å². The number of anilines is 1. The summed E-state index contributed by atoms with van der Waals surface area (Å²) >= 11 is 3.44. The van der Waals surface area contributed by atoms with Gasteiger partial charge < -0.3 is 9.80 Å². The molecule has 1 aromatic carbocycles. The van der Waals surface area contributed by atoms with Crippen LogP contribution in [0.25, 0.3) is 0 Å². The molecule has 1 unspecified atom stereocenters. The van der Waals surface area contributed by atoms with E-state index in [1.165, 1.54) is 0 Å². The van der Waals surface area contributed by atoms with E-state index in [1.54, 1.807) is 4.90 Å². The summed E-state index contributed by atoms with van der Waals surface area (Å²) in [6.45, 7) is 4.23. The predicted octanol–water partition coefficient (Wildman–Crippen LogP) is 2.73. The minimum absolute atomic E-state index is 0.0229. The minimum Gasteiger partial charge on any atom is -0.342 e. The van der Waals surface area contributed by atoms with Crippen molar-refractivity contribution in [3.8, 4) is 0 Å². The standard InChI is InChI=1S/C16H19BrN2O2/c1-11-10-12(17)4-5-14(11)19-9-6-13(16(19)21)15(20)18-7-2-3-8-18/h4-5,10,13H,2-3,6-9H2,1H3. The zero-order valence-corrected chi connectivity index (χ0v) is 13.7. The molecule has 4 nitrogen and oxygen atoms in total. The average molecular weight is 351 g/mol. The van der Waals surface area contributed by atoms with Gasteiger partial charge in [0.1, 0.15) is 5.92 Å². The van der Waals surface area contributed by atoms with Gasteiger partial charge in [0.2, 0.25) is 11.8 Å². The lowest BCUT2D eigenvalue weighted by Crippen LogP contribution is -2.38. The number of hydrogen-bond acceptors (Lipinski definition) is 2. The van der Waals surface area contributed by atoms with E-state index in [9.17, 15) is 9.59 Å². The second-order valence-electron chi connectivity index (χ2n) is 5.79. The van der Waals surface area contributed by atoms with Crippen molar-refractivity contribution in [2.45, 2.75) is 26.2 Å². The highest BCUT2D eigenvalue weighted by Gasteiger charge is 2.40. The summed E-state index contributed by atoms with van der Waals surface area (Å²) < 4.78 is 1.00. The highest BCUT2D eigenvalue weighted by atomic mass is 79.9. The van der Waals surface area contributed by atoms with Gasteiger partial charge in [0.25, 0.3) is 0 Å². The molecule has 5 heteroatoms. The van der Waals surface area contributed by atoms with Crippen LogP contribution in [0.4, 0.5) is 5.69 Å². The van der Waals surface area contributed by atoms with Crippen LogP contribution in [0.3, 0.4) is 0 Å². The molecule has 2 heterocycles. The first-order valence-corrected chi connectivity index (χ1v) is 8.23. The third-order valence-corrected chi connectivity index (χ3v) is 4.86. The summed E-state index contributed by atoms with van der Waals surface area (Å²) in [5.74, 6) is -0.502. The van der Waals surface area contributed by atoms with Crippen LogP contribution in [-0.2, 0) is 9.59 Å². The van der Waals surface area contributed by atoms with Gasteiger partial charge in [-0.3, -0.25) is 9.59 Å². The first-order valence-electron chi connectivity index (χ1n) is 7.44.